The molecular formula is C31H38O8S2. The topological polar surface area (TPSA) is 89.5 Å². The lowest BCUT2D eigenvalue weighted by atomic mass is 10.0. The summed E-state index contributed by atoms with van der Waals surface area (Å²) < 4.78 is 61.5. The van der Waals surface area contributed by atoms with Crippen LogP contribution in [0, 0.1) is 0 Å². The molecule has 10 heteroatoms. The predicted molar refractivity (Wildman–Crippen MR) is 160 cm³/mol. The predicted octanol–water partition coefficient (Wildman–Crippen LogP) is 6.67. The average Bonchev–Trinajstić information content (AvgIpc) is 3.49. The van der Waals surface area contributed by atoms with E-state index in [-0.39, 0.29) is 28.6 Å². The summed E-state index contributed by atoms with van der Waals surface area (Å²) >= 11 is 1.64. The van der Waals surface area contributed by atoms with Gasteiger partial charge in [0.05, 0.1) is 53.0 Å². The zero-order valence-corrected chi connectivity index (χ0v) is 25.8. The van der Waals surface area contributed by atoms with Crippen molar-refractivity contribution in [3.63, 3.8) is 0 Å². The van der Waals surface area contributed by atoms with Gasteiger partial charge in [0, 0.05) is 10.6 Å². The monoisotopic (exact) mass is 602 g/mol. The molecule has 1 fully saturated rings. The smallest absolute Gasteiger partial charge is 0.203 e. The first-order valence-electron chi connectivity index (χ1n) is 13.6. The van der Waals surface area contributed by atoms with E-state index in [0.717, 1.165) is 22.4 Å². The van der Waals surface area contributed by atoms with E-state index < -0.39 is 9.84 Å². The molecule has 0 bridgehead atoms. The quantitative estimate of drug-likeness (QED) is 0.148. The van der Waals surface area contributed by atoms with Gasteiger partial charge >= 0.3 is 0 Å². The molecule has 0 radical (unpaired) electrons. The molecule has 4 rings (SSSR count). The second-order valence-electron chi connectivity index (χ2n) is 9.53. The third-order valence-corrected chi connectivity index (χ3v) is 9.76. The first kappa shape index (κ1) is 30.9. The van der Waals surface area contributed by atoms with Gasteiger partial charge < -0.3 is 28.4 Å². The van der Waals surface area contributed by atoms with Gasteiger partial charge in [0.2, 0.25) is 5.75 Å². The Bertz CT molecular complexity index is 1380. The van der Waals surface area contributed by atoms with Gasteiger partial charge in [-0.25, -0.2) is 8.42 Å². The van der Waals surface area contributed by atoms with Gasteiger partial charge in [-0.15, -0.1) is 11.8 Å². The molecule has 2 atom stereocenters. The molecule has 0 amide bonds. The summed E-state index contributed by atoms with van der Waals surface area (Å²) in [5.74, 6) is 2.91. The maximum absolute atomic E-state index is 13.4. The van der Waals surface area contributed by atoms with Crippen LogP contribution in [0.5, 0.6) is 28.7 Å². The number of methoxy groups -OCH3 is 4. The van der Waals surface area contributed by atoms with E-state index >= 15 is 0 Å². The molecule has 1 aliphatic heterocycles. The van der Waals surface area contributed by atoms with Crippen LogP contribution in [0.4, 0.5) is 0 Å². The number of benzene rings is 3. The van der Waals surface area contributed by atoms with Crippen molar-refractivity contribution >= 4 is 21.6 Å². The van der Waals surface area contributed by atoms with E-state index in [1.807, 2.05) is 55.5 Å². The maximum atomic E-state index is 13.4. The van der Waals surface area contributed by atoms with Gasteiger partial charge in [0.1, 0.15) is 4.90 Å². The molecule has 0 spiro atoms. The summed E-state index contributed by atoms with van der Waals surface area (Å²) in [6.07, 6.45) is 1.36. The fourth-order valence-electron chi connectivity index (χ4n) is 4.92. The molecule has 1 heterocycles. The second kappa shape index (κ2) is 14.2. The Kier molecular flexibility index (Phi) is 10.7. The molecule has 8 nitrogen and oxygen atoms in total. The fourth-order valence-corrected chi connectivity index (χ4v) is 7.19. The molecule has 3 aromatic carbocycles. The minimum absolute atomic E-state index is 0.00825. The third kappa shape index (κ3) is 7.23. The Labute approximate surface area is 247 Å². The Morgan fingerprint density at radius 3 is 1.90 bits per heavy atom. The fraction of sp³-hybridized carbons (Fsp3) is 0.419. The van der Waals surface area contributed by atoms with Crippen LogP contribution in [-0.2, 0) is 14.6 Å². The lowest BCUT2D eigenvalue weighted by Crippen LogP contribution is -2.12. The van der Waals surface area contributed by atoms with Crippen molar-refractivity contribution < 1.29 is 36.8 Å². The minimum atomic E-state index is -3.62. The van der Waals surface area contributed by atoms with E-state index in [2.05, 4.69) is 0 Å². The van der Waals surface area contributed by atoms with Crippen LogP contribution in [0.25, 0.3) is 0 Å². The van der Waals surface area contributed by atoms with Gasteiger partial charge in [0.15, 0.2) is 32.8 Å². The third-order valence-electron chi connectivity index (χ3n) is 6.86. The summed E-state index contributed by atoms with van der Waals surface area (Å²) in [6.45, 7) is 2.17. The van der Waals surface area contributed by atoms with Crippen LogP contribution in [0.15, 0.2) is 64.4 Å². The standard InChI is InChI=1S/C31H38O8S2/c1-6-16-41(32,33)29-20-22(19-28(36-4)31(29)38-14-15-40-23-10-8-7-9-11-23)25-13-12-24(39-25)21-17-26(34-2)30(37-5)27(18-21)35-3/h7-11,17-20,24-25H,6,12-16H2,1-5H3/t24-,25?/m0/s1. The highest BCUT2D eigenvalue weighted by Gasteiger charge is 2.32. The second-order valence-corrected chi connectivity index (χ2v) is 12.8. The van der Waals surface area contributed by atoms with E-state index in [1.165, 1.54) is 7.11 Å². The molecule has 3 aromatic rings. The Morgan fingerprint density at radius 2 is 1.37 bits per heavy atom. The van der Waals surface area contributed by atoms with Gasteiger partial charge in [-0.05, 0) is 66.8 Å². The van der Waals surface area contributed by atoms with E-state index in [9.17, 15) is 8.42 Å². The number of thioether (sulfide) groups is 1. The van der Waals surface area contributed by atoms with E-state index in [0.29, 0.717) is 48.2 Å². The number of ether oxygens (including phenoxy) is 6. The first-order chi connectivity index (χ1) is 19.8. The van der Waals surface area contributed by atoms with Gasteiger partial charge in [-0.2, -0.15) is 0 Å². The molecule has 0 N–H and O–H groups in total. The number of hydrogen-bond donors (Lipinski definition) is 0. The zero-order chi connectivity index (χ0) is 29.4. The van der Waals surface area contributed by atoms with Gasteiger partial charge in [-0.1, -0.05) is 25.1 Å². The normalized spacial score (nSPS) is 16.8. The highest BCUT2D eigenvalue weighted by Crippen LogP contribution is 2.48. The lowest BCUT2D eigenvalue weighted by Gasteiger charge is -2.21. The van der Waals surface area contributed by atoms with Crippen molar-refractivity contribution in [2.75, 3.05) is 46.6 Å². The number of hydrogen-bond acceptors (Lipinski definition) is 9. The van der Waals surface area contributed by atoms with Crippen molar-refractivity contribution in [2.45, 2.75) is 48.2 Å². The average molecular weight is 603 g/mol. The Hall–Kier alpha value is -3.08. The van der Waals surface area contributed by atoms with Crippen LogP contribution in [0.3, 0.4) is 0 Å². The SMILES string of the molecule is CCCS(=O)(=O)c1cc(C2CC[C@@H](c3cc(OC)c(OC)c(OC)c3)O2)cc(OC)c1OCCSc1ccccc1. The van der Waals surface area contributed by atoms with Crippen molar-refractivity contribution in [1.82, 2.24) is 0 Å². The first-order valence-corrected chi connectivity index (χ1v) is 16.2. The van der Waals surface area contributed by atoms with E-state index in [4.69, 9.17) is 28.4 Å². The summed E-state index contributed by atoms with van der Waals surface area (Å²) in [4.78, 5) is 1.26. The highest BCUT2D eigenvalue weighted by molar-refractivity contribution is 7.99. The summed E-state index contributed by atoms with van der Waals surface area (Å²) in [6, 6.07) is 17.3. The minimum Gasteiger partial charge on any atom is -0.493 e. The van der Waals surface area contributed by atoms with Crippen molar-refractivity contribution in [3.05, 3.63) is 65.7 Å². The molecule has 0 saturated carbocycles. The van der Waals surface area contributed by atoms with Crippen LogP contribution in [0.2, 0.25) is 0 Å². The molecule has 1 aliphatic rings. The van der Waals surface area contributed by atoms with Crippen LogP contribution in [0.1, 0.15) is 49.5 Å². The van der Waals surface area contributed by atoms with Gasteiger partial charge in [-0.3, -0.25) is 0 Å². The van der Waals surface area contributed by atoms with Crippen molar-refractivity contribution in [1.29, 1.82) is 0 Å². The Balaban J connectivity index is 1.60. The van der Waals surface area contributed by atoms with Crippen molar-refractivity contribution in [3.8, 4) is 28.7 Å². The lowest BCUT2D eigenvalue weighted by molar-refractivity contribution is 0.0435. The van der Waals surface area contributed by atoms with Crippen LogP contribution in [-0.4, -0.2) is 55.0 Å². The molecule has 1 unspecified atom stereocenters. The number of sulfone groups is 1. The summed E-state index contributed by atoms with van der Waals surface area (Å²) in [7, 11) is 2.62. The number of rotatable bonds is 14. The van der Waals surface area contributed by atoms with Gasteiger partial charge in [0.25, 0.3) is 0 Å². The van der Waals surface area contributed by atoms with Crippen molar-refractivity contribution in [2.24, 2.45) is 0 Å². The zero-order valence-electron chi connectivity index (χ0n) is 24.2. The molecule has 0 aromatic heterocycles. The molecular weight excluding hydrogens is 564 g/mol. The summed E-state index contributed by atoms with van der Waals surface area (Å²) in [5, 5.41) is 0. The van der Waals surface area contributed by atoms with Crippen LogP contribution >= 0.6 is 11.8 Å². The molecule has 1 saturated heterocycles. The molecule has 0 aliphatic carbocycles. The van der Waals surface area contributed by atoms with Crippen LogP contribution < -0.4 is 23.7 Å². The maximum Gasteiger partial charge on any atom is 0.203 e. The van der Waals surface area contributed by atoms with E-state index in [1.54, 1.807) is 39.2 Å². The Morgan fingerprint density at radius 1 is 0.805 bits per heavy atom. The highest BCUT2D eigenvalue weighted by atomic mass is 32.2. The summed E-state index contributed by atoms with van der Waals surface area (Å²) in [5.41, 5.74) is 1.63. The molecule has 222 valence electrons. The largest absolute Gasteiger partial charge is 0.493 e. The molecule has 41 heavy (non-hydrogen) atoms.